The maximum Gasteiger partial charge on any atom is 0.334 e. The van der Waals surface area contributed by atoms with Crippen LogP contribution in [0.1, 0.15) is 46.0 Å². The highest BCUT2D eigenvalue weighted by molar-refractivity contribution is 9.09. The van der Waals surface area contributed by atoms with Crippen molar-refractivity contribution in [2.24, 2.45) is 0 Å². The lowest BCUT2D eigenvalue weighted by Gasteiger charge is -2.16. The lowest BCUT2D eigenvalue weighted by atomic mass is 10.1. The number of hydrogen-bond acceptors (Lipinski definition) is 2. The smallest absolute Gasteiger partial charge is 0.334 e. The van der Waals surface area contributed by atoms with Gasteiger partial charge in [-0.3, -0.25) is 0 Å². The van der Waals surface area contributed by atoms with Gasteiger partial charge in [0.05, 0.1) is 0 Å². The van der Waals surface area contributed by atoms with Crippen LogP contribution in [0.2, 0.25) is 0 Å². The minimum absolute atomic E-state index is 0.0554. The molecule has 0 amide bonds. The van der Waals surface area contributed by atoms with E-state index < -0.39 is 0 Å². The fourth-order valence-corrected chi connectivity index (χ4v) is 1.49. The number of unbranched alkanes of at least 4 members (excludes halogenated alkanes) is 2. The Morgan fingerprint density at radius 3 is 2.53 bits per heavy atom. The molecule has 1 unspecified atom stereocenters. The van der Waals surface area contributed by atoms with E-state index in [-0.39, 0.29) is 12.1 Å². The molecule has 88 valence electrons. The van der Waals surface area contributed by atoms with E-state index in [1.54, 1.807) is 0 Å². The third-order valence-corrected chi connectivity index (χ3v) is 2.99. The molecule has 0 fully saturated rings. The number of halogens is 1. The van der Waals surface area contributed by atoms with Crippen LogP contribution in [0, 0.1) is 0 Å². The molecule has 0 heterocycles. The van der Waals surface area contributed by atoms with Crippen molar-refractivity contribution in [3.05, 3.63) is 12.2 Å². The van der Waals surface area contributed by atoms with Crippen molar-refractivity contribution in [3.8, 4) is 0 Å². The largest absolute Gasteiger partial charge is 0.459 e. The predicted octanol–water partition coefficient (Wildman–Crippen LogP) is 3.84. The van der Waals surface area contributed by atoms with Gasteiger partial charge >= 0.3 is 5.97 Å². The van der Waals surface area contributed by atoms with Crippen molar-refractivity contribution in [2.45, 2.75) is 52.1 Å². The van der Waals surface area contributed by atoms with Gasteiger partial charge < -0.3 is 4.74 Å². The number of hydrogen-bond donors (Lipinski definition) is 0. The van der Waals surface area contributed by atoms with Gasteiger partial charge in [0.15, 0.2) is 0 Å². The van der Waals surface area contributed by atoms with E-state index in [0.717, 1.165) is 19.3 Å². The number of carbonyl (C=O) groups is 1. The minimum Gasteiger partial charge on any atom is -0.459 e. The molecule has 0 aromatic rings. The van der Waals surface area contributed by atoms with E-state index in [1.165, 1.54) is 12.8 Å². The first-order valence-corrected chi connectivity index (χ1v) is 6.72. The molecule has 0 aliphatic carbocycles. The van der Waals surface area contributed by atoms with Crippen LogP contribution in [0.4, 0.5) is 0 Å². The lowest BCUT2D eigenvalue weighted by molar-refractivity contribution is -0.144. The van der Waals surface area contributed by atoms with Crippen LogP contribution in [0.5, 0.6) is 0 Å². The summed E-state index contributed by atoms with van der Waals surface area (Å²) in [6, 6.07) is 0. The van der Waals surface area contributed by atoms with Gasteiger partial charge in [0, 0.05) is 10.9 Å². The van der Waals surface area contributed by atoms with Crippen LogP contribution in [0.15, 0.2) is 12.2 Å². The van der Waals surface area contributed by atoms with Gasteiger partial charge in [-0.25, -0.2) is 4.79 Å². The van der Waals surface area contributed by atoms with Gasteiger partial charge in [0.25, 0.3) is 0 Å². The van der Waals surface area contributed by atoms with E-state index >= 15 is 0 Å². The summed E-state index contributed by atoms with van der Waals surface area (Å²) in [4.78, 5) is 11.4. The molecule has 1 atom stereocenters. The zero-order valence-corrected chi connectivity index (χ0v) is 11.3. The Balaban J connectivity index is 3.87. The van der Waals surface area contributed by atoms with Gasteiger partial charge in [0.2, 0.25) is 0 Å². The van der Waals surface area contributed by atoms with Crippen molar-refractivity contribution in [1.82, 2.24) is 0 Å². The van der Waals surface area contributed by atoms with Gasteiger partial charge in [-0.05, 0) is 19.3 Å². The van der Waals surface area contributed by atoms with Crippen molar-refractivity contribution >= 4 is 21.9 Å². The second kappa shape index (κ2) is 8.96. The molecule has 0 rings (SSSR count). The van der Waals surface area contributed by atoms with Crippen molar-refractivity contribution in [1.29, 1.82) is 0 Å². The summed E-state index contributed by atoms with van der Waals surface area (Å²) in [5.41, 5.74) is 0.490. The van der Waals surface area contributed by atoms with Crippen LogP contribution in [0.3, 0.4) is 0 Å². The Kier molecular flexibility index (Phi) is 8.77. The van der Waals surface area contributed by atoms with E-state index in [1.807, 2.05) is 6.92 Å². The highest BCUT2D eigenvalue weighted by atomic mass is 79.9. The lowest BCUT2D eigenvalue weighted by Crippen LogP contribution is -2.19. The molecule has 0 aromatic heterocycles. The highest BCUT2D eigenvalue weighted by Crippen LogP contribution is 2.12. The average Bonchev–Trinajstić information content (AvgIpc) is 2.26. The number of carbonyl (C=O) groups excluding carboxylic acids is 1. The monoisotopic (exact) mass is 276 g/mol. The molecule has 0 N–H and O–H groups in total. The first kappa shape index (κ1) is 14.7. The van der Waals surface area contributed by atoms with E-state index in [2.05, 4.69) is 29.4 Å². The fourth-order valence-electron chi connectivity index (χ4n) is 1.26. The zero-order valence-electron chi connectivity index (χ0n) is 9.72. The van der Waals surface area contributed by atoms with Crippen LogP contribution in [0.25, 0.3) is 0 Å². The Morgan fingerprint density at radius 2 is 2.07 bits per heavy atom. The van der Waals surface area contributed by atoms with E-state index in [4.69, 9.17) is 4.74 Å². The molecular formula is C12H21BrO2. The Bertz CT molecular complexity index is 202. The standard InChI is InChI=1S/C12H21BrO2/c1-4-6-7-8-11(5-2)15-12(14)10(3)9-13/h11H,3-9H2,1-2H3. The molecule has 0 saturated carbocycles. The summed E-state index contributed by atoms with van der Waals surface area (Å²) < 4.78 is 5.33. The van der Waals surface area contributed by atoms with E-state index in [9.17, 15) is 4.79 Å². The molecule has 3 heteroatoms. The molecule has 2 nitrogen and oxygen atoms in total. The molecule has 15 heavy (non-hydrogen) atoms. The SMILES string of the molecule is C=C(CBr)C(=O)OC(CC)CCCCC. The predicted molar refractivity (Wildman–Crippen MR) is 67.2 cm³/mol. The average molecular weight is 277 g/mol. The molecule has 0 saturated heterocycles. The molecule has 0 spiro atoms. The molecule has 0 aliphatic heterocycles. The van der Waals surface area contributed by atoms with Gasteiger partial charge in [-0.2, -0.15) is 0 Å². The quantitative estimate of drug-likeness (QED) is 0.291. The first-order chi connectivity index (χ1) is 7.15. The summed E-state index contributed by atoms with van der Waals surface area (Å²) in [5, 5.41) is 0.483. The van der Waals surface area contributed by atoms with Crippen LogP contribution in [-0.4, -0.2) is 17.4 Å². The summed E-state index contributed by atoms with van der Waals surface area (Å²) in [7, 11) is 0. The molecule has 0 bridgehead atoms. The maximum absolute atomic E-state index is 11.4. The van der Waals surface area contributed by atoms with Gasteiger partial charge in [-0.15, -0.1) is 0 Å². The summed E-state index contributed by atoms with van der Waals surface area (Å²) in [6.45, 7) is 7.84. The van der Waals surface area contributed by atoms with Crippen molar-refractivity contribution in [3.63, 3.8) is 0 Å². The minimum atomic E-state index is -0.268. The Morgan fingerprint density at radius 1 is 1.40 bits per heavy atom. The Labute approximate surface area is 101 Å². The first-order valence-electron chi connectivity index (χ1n) is 5.60. The van der Waals surface area contributed by atoms with Crippen LogP contribution < -0.4 is 0 Å². The summed E-state index contributed by atoms with van der Waals surface area (Å²) in [6.07, 6.45) is 5.42. The second-order valence-corrected chi connectivity index (χ2v) is 4.23. The number of alkyl halides is 1. The summed E-state index contributed by atoms with van der Waals surface area (Å²) >= 11 is 3.19. The Hall–Kier alpha value is -0.310. The van der Waals surface area contributed by atoms with Crippen molar-refractivity contribution < 1.29 is 9.53 Å². The topological polar surface area (TPSA) is 26.3 Å². The molecular weight excluding hydrogens is 256 g/mol. The van der Waals surface area contributed by atoms with E-state index in [0.29, 0.717) is 10.9 Å². The van der Waals surface area contributed by atoms with Crippen LogP contribution in [-0.2, 0) is 9.53 Å². The molecule has 0 aliphatic rings. The van der Waals surface area contributed by atoms with Crippen LogP contribution >= 0.6 is 15.9 Å². The summed E-state index contributed by atoms with van der Waals surface area (Å²) in [5.74, 6) is -0.268. The normalized spacial score (nSPS) is 12.2. The second-order valence-electron chi connectivity index (χ2n) is 3.67. The maximum atomic E-state index is 11.4. The fraction of sp³-hybridized carbons (Fsp3) is 0.750. The zero-order chi connectivity index (χ0) is 11.7. The highest BCUT2D eigenvalue weighted by Gasteiger charge is 2.13. The molecule has 0 radical (unpaired) electrons. The number of ether oxygens (including phenoxy) is 1. The number of rotatable bonds is 8. The van der Waals surface area contributed by atoms with Gasteiger partial charge in [0.1, 0.15) is 6.10 Å². The van der Waals surface area contributed by atoms with Gasteiger partial charge in [-0.1, -0.05) is 49.2 Å². The third kappa shape index (κ3) is 6.72. The number of esters is 1. The molecule has 0 aromatic carbocycles. The van der Waals surface area contributed by atoms with Crippen molar-refractivity contribution in [2.75, 3.05) is 5.33 Å². The third-order valence-electron chi connectivity index (χ3n) is 2.31.